The Morgan fingerprint density at radius 3 is 2.26 bits per heavy atom. The Bertz CT molecular complexity index is 1140. The summed E-state index contributed by atoms with van der Waals surface area (Å²) < 4.78 is 15.8. The number of rotatable bonds is 7. The second-order valence-corrected chi connectivity index (χ2v) is 6.61. The third-order valence-corrected chi connectivity index (χ3v) is 4.44. The van der Waals surface area contributed by atoms with Crippen molar-refractivity contribution in [3.63, 3.8) is 0 Å². The molecule has 3 aromatic rings. The van der Waals surface area contributed by atoms with Crippen molar-refractivity contribution in [3.8, 4) is 22.6 Å². The highest BCUT2D eigenvalue weighted by atomic mass is 16.7. The maximum Gasteiger partial charge on any atom is 0.513 e. The number of carbonyl (C=O) groups is 1. The lowest BCUT2D eigenvalue weighted by molar-refractivity contribution is 0.121. The number of hydrogen-bond acceptors (Lipinski definition) is 6. The molecule has 0 heterocycles. The summed E-state index contributed by atoms with van der Waals surface area (Å²) in [5.41, 5.74) is 14.3. The summed E-state index contributed by atoms with van der Waals surface area (Å²) in [7, 11) is 1.23. The van der Waals surface area contributed by atoms with Crippen molar-refractivity contribution in [1.29, 1.82) is 10.8 Å². The van der Waals surface area contributed by atoms with Crippen LogP contribution in [0.1, 0.15) is 16.7 Å². The quantitative estimate of drug-likeness (QED) is 0.199. The zero-order valence-electron chi connectivity index (χ0n) is 16.8. The molecule has 3 rings (SSSR count). The number of nitrogens with one attached hydrogen (secondary N) is 2. The van der Waals surface area contributed by atoms with Crippen molar-refractivity contribution in [2.24, 2.45) is 11.5 Å². The monoisotopic (exact) mass is 418 g/mol. The highest BCUT2D eigenvalue weighted by Crippen LogP contribution is 2.32. The summed E-state index contributed by atoms with van der Waals surface area (Å²) in [5, 5.41) is 15.2. The Hall–Kier alpha value is -4.33. The van der Waals surface area contributed by atoms with Crippen LogP contribution in [0.3, 0.4) is 0 Å². The van der Waals surface area contributed by atoms with Crippen LogP contribution in [-0.4, -0.2) is 24.9 Å². The van der Waals surface area contributed by atoms with E-state index >= 15 is 0 Å². The van der Waals surface area contributed by atoms with Gasteiger partial charge < -0.3 is 25.7 Å². The van der Waals surface area contributed by atoms with Crippen molar-refractivity contribution in [2.75, 3.05) is 7.11 Å². The molecule has 0 fully saturated rings. The zero-order valence-corrected chi connectivity index (χ0v) is 16.8. The first kappa shape index (κ1) is 21.4. The summed E-state index contributed by atoms with van der Waals surface area (Å²) in [5.74, 6) is 0.735. The third-order valence-electron chi connectivity index (χ3n) is 4.44. The second-order valence-electron chi connectivity index (χ2n) is 6.61. The number of nitrogen functional groups attached to an aromatic ring is 2. The highest BCUT2D eigenvalue weighted by molar-refractivity contribution is 5.96. The van der Waals surface area contributed by atoms with Crippen molar-refractivity contribution >= 4 is 17.8 Å². The van der Waals surface area contributed by atoms with Crippen LogP contribution in [0, 0.1) is 10.8 Å². The molecule has 8 nitrogen and oxygen atoms in total. The predicted octanol–water partition coefficient (Wildman–Crippen LogP) is 3.65. The van der Waals surface area contributed by atoms with Crippen molar-refractivity contribution < 1.29 is 19.0 Å². The Balaban J connectivity index is 1.90. The average Bonchev–Trinajstić information content (AvgIpc) is 2.78. The number of benzene rings is 3. The molecule has 158 valence electrons. The van der Waals surface area contributed by atoms with Gasteiger partial charge in [-0.1, -0.05) is 42.5 Å². The van der Waals surface area contributed by atoms with Gasteiger partial charge in [0, 0.05) is 16.7 Å². The lowest BCUT2D eigenvalue weighted by atomic mass is 10.0. The molecule has 0 aromatic heterocycles. The van der Waals surface area contributed by atoms with E-state index in [4.69, 9.17) is 31.8 Å². The molecule has 0 amide bonds. The summed E-state index contributed by atoms with van der Waals surface area (Å²) >= 11 is 0. The largest absolute Gasteiger partial charge is 0.513 e. The fraction of sp³-hybridized carbons (Fsp3) is 0.0870. The van der Waals surface area contributed by atoms with E-state index in [9.17, 15) is 4.79 Å². The molecule has 0 bridgehead atoms. The molecule has 3 aromatic carbocycles. The minimum atomic E-state index is -0.851. The van der Waals surface area contributed by atoms with E-state index in [1.165, 1.54) is 7.11 Å². The second kappa shape index (κ2) is 9.45. The van der Waals surface area contributed by atoms with Gasteiger partial charge in [0.1, 0.15) is 29.8 Å². The fourth-order valence-corrected chi connectivity index (χ4v) is 2.89. The molecule has 0 aliphatic heterocycles. The molecular weight excluding hydrogens is 396 g/mol. The first-order valence-electron chi connectivity index (χ1n) is 9.28. The summed E-state index contributed by atoms with van der Waals surface area (Å²) in [4.78, 5) is 11.8. The smallest absolute Gasteiger partial charge is 0.489 e. The topological polar surface area (TPSA) is 145 Å². The van der Waals surface area contributed by atoms with Crippen molar-refractivity contribution in [3.05, 3.63) is 83.4 Å². The Morgan fingerprint density at radius 2 is 1.58 bits per heavy atom. The lowest BCUT2D eigenvalue weighted by Gasteiger charge is -2.13. The maximum atomic E-state index is 11.8. The van der Waals surface area contributed by atoms with Gasteiger partial charge in [-0.15, -0.1) is 0 Å². The minimum absolute atomic E-state index is 0.0450. The molecular formula is C23H22N4O4. The van der Waals surface area contributed by atoms with Gasteiger partial charge in [-0.25, -0.2) is 4.79 Å². The zero-order chi connectivity index (χ0) is 22.4. The van der Waals surface area contributed by atoms with Gasteiger partial charge in [0.15, 0.2) is 0 Å². The van der Waals surface area contributed by atoms with Crippen LogP contribution in [0.5, 0.6) is 11.5 Å². The third kappa shape index (κ3) is 5.39. The van der Waals surface area contributed by atoms with E-state index in [0.717, 1.165) is 11.1 Å². The number of amidine groups is 2. The molecule has 0 saturated carbocycles. The standard InChI is InChI=1S/C23H22N4O4/c1-29-23(28)31-20-10-14(13-30-18-7-3-6-17(12-18)22(26)27)8-9-19(20)15-4-2-5-16(11-15)21(24)25/h2-12H,13H2,1H3,(H3,24,25)(H3,26,27). The fourth-order valence-electron chi connectivity index (χ4n) is 2.89. The molecule has 8 heteroatoms. The van der Waals surface area contributed by atoms with Crippen LogP contribution in [0.2, 0.25) is 0 Å². The number of ether oxygens (including phenoxy) is 3. The minimum Gasteiger partial charge on any atom is -0.489 e. The van der Waals surface area contributed by atoms with Gasteiger partial charge in [0.2, 0.25) is 0 Å². The van der Waals surface area contributed by atoms with E-state index in [1.807, 2.05) is 12.1 Å². The van der Waals surface area contributed by atoms with E-state index in [1.54, 1.807) is 54.6 Å². The Kier molecular flexibility index (Phi) is 6.51. The number of nitrogens with two attached hydrogens (primary N) is 2. The van der Waals surface area contributed by atoms with Gasteiger partial charge >= 0.3 is 6.16 Å². The molecule has 0 radical (unpaired) electrons. The number of hydrogen-bond donors (Lipinski definition) is 4. The molecule has 0 saturated heterocycles. The molecule has 0 spiro atoms. The van der Waals surface area contributed by atoms with E-state index in [2.05, 4.69) is 4.74 Å². The molecule has 0 unspecified atom stereocenters. The normalized spacial score (nSPS) is 10.2. The van der Waals surface area contributed by atoms with Gasteiger partial charge in [-0.2, -0.15) is 0 Å². The lowest BCUT2D eigenvalue weighted by Crippen LogP contribution is -2.11. The number of methoxy groups -OCH3 is 1. The molecule has 31 heavy (non-hydrogen) atoms. The van der Waals surface area contributed by atoms with Crippen LogP contribution >= 0.6 is 0 Å². The summed E-state index contributed by atoms with van der Waals surface area (Å²) in [6.07, 6.45) is -0.851. The van der Waals surface area contributed by atoms with Gasteiger partial charge in [-0.3, -0.25) is 10.8 Å². The van der Waals surface area contributed by atoms with Gasteiger partial charge in [-0.05, 0) is 35.4 Å². The molecule has 0 aliphatic carbocycles. The van der Waals surface area contributed by atoms with E-state index in [0.29, 0.717) is 22.4 Å². The van der Waals surface area contributed by atoms with Crippen LogP contribution in [0.15, 0.2) is 66.7 Å². The highest BCUT2D eigenvalue weighted by Gasteiger charge is 2.14. The van der Waals surface area contributed by atoms with Gasteiger partial charge in [0.05, 0.1) is 7.11 Å². The summed E-state index contributed by atoms with van der Waals surface area (Å²) in [6, 6.07) is 19.3. The van der Waals surface area contributed by atoms with Crippen LogP contribution in [0.4, 0.5) is 4.79 Å². The van der Waals surface area contributed by atoms with Crippen molar-refractivity contribution in [2.45, 2.75) is 6.61 Å². The van der Waals surface area contributed by atoms with E-state index < -0.39 is 6.16 Å². The predicted molar refractivity (Wildman–Crippen MR) is 118 cm³/mol. The van der Waals surface area contributed by atoms with Crippen LogP contribution in [-0.2, 0) is 11.3 Å². The first-order chi connectivity index (χ1) is 14.9. The number of carbonyl (C=O) groups excluding carboxylic acids is 1. The maximum absolute atomic E-state index is 11.8. The SMILES string of the molecule is COC(=O)Oc1cc(COc2cccc(C(=N)N)c2)ccc1-c1cccc(C(=N)N)c1. The average molecular weight is 418 g/mol. The van der Waals surface area contributed by atoms with E-state index in [-0.39, 0.29) is 24.0 Å². The van der Waals surface area contributed by atoms with Crippen LogP contribution < -0.4 is 20.9 Å². The van der Waals surface area contributed by atoms with Gasteiger partial charge in [0.25, 0.3) is 0 Å². The summed E-state index contributed by atoms with van der Waals surface area (Å²) in [6.45, 7) is 0.201. The molecule has 0 atom stereocenters. The Morgan fingerprint density at radius 1 is 0.903 bits per heavy atom. The first-order valence-corrected chi connectivity index (χ1v) is 9.28. The van der Waals surface area contributed by atoms with Crippen molar-refractivity contribution in [1.82, 2.24) is 0 Å². The molecule has 6 N–H and O–H groups in total. The Labute approximate surface area is 179 Å². The van der Waals surface area contributed by atoms with Crippen LogP contribution in [0.25, 0.3) is 11.1 Å². The molecule has 0 aliphatic rings.